The number of pyridine rings is 1. The van der Waals surface area contributed by atoms with Gasteiger partial charge in [-0.15, -0.1) is 0 Å². The van der Waals surface area contributed by atoms with Crippen LogP contribution in [0.1, 0.15) is 23.2 Å². The highest BCUT2D eigenvalue weighted by molar-refractivity contribution is 7.89. The fourth-order valence-electron chi connectivity index (χ4n) is 5.33. The molecule has 1 aliphatic heterocycles. The van der Waals surface area contributed by atoms with Crippen molar-refractivity contribution in [2.45, 2.75) is 24.8 Å². The molecule has 2 aromatic heterocycles. The first-order valence-corrected chi connectivity index (χ1v) is 13.7. The molecule has 5 aromatic rings. The molecule has 1 aliphatic rings. The Kier molecular flexibility index (Phi) is 5.89. The molecule has 0 saturated carbocycles. The van der Waals surface area contributed by atoms with Crippen LogP contribution in [0.2, 0.25) is 0 Å². The molecule has 0 spiro atoms. The van der Waals surface area contributed by atoms with Crippen LogP contribution in [0.5, 0.6) is 0 Å². The maximum absolute atomic E-state index is 13.6. The number of fused-ring (bicyclic) bond motifs is 2. The Morgan fingerprint density at radius 1 is 0.946 bits per heavy atom. The van der Waals surface area contributed by atoms with Gasteiger partial charge in [0.15, 0.2) is 0 Å². The van der Waals surface area contributed by atoms with Crippen molar-refractivity contribution in [1.29, 1.82) is 0 Å². The average Bonchev–Trinajstić information content (AvgIpc) is 3.20. The zero-order valence-corrected chi connectivity index (χ0v) is 21.2. The molecule has 3 heterocycles. The minimum absolute atomic E-state index is 0.245. The van der Waals surface area contributed by atoms with E-state index in [1.807, 2.05) is 48.5 Å². The topological polar surface area (TPSA) is 55.2 Å². The Hall–Kier alpha value is -3.81. The molecule has 0 fully saturated rings. The van der Waals surface area contributed by atoms with Crippen LogP contribution < -0.4 is 0 Å². The molecule has 0 N–H and O–H groups in total. The Morgan fingerprint density at radius 2 is 1.73 bits per heavy atom. The molecule has 0 aliphatic carbocycles. The Morgan fingerprint density at radius 3 is 2.51 bits per heavy atom. The molecule has 6 rings (SSSR count). The maximum atomic E-state index is 13.6. The average molecular weight is 512 g/mol. The van der Waals surface area contributed by atoms with Crippen LogP contribution in [0.15, 0.2) is 96.0 Å². The van der Waals surface area contributed by atoms with Crippen LogP contribution in [0.4, 0.5) is 4.39 Å². The molecule has 5 nitrogen and oxygen atoms in total. The number of hydrogen-bond acceptors (Lipinski definition) is 3. The molecule has 186 valence electrons. The first-order chi connectivity index (χ1) is 17.9. The molecular formula is C30H26FN3O2S. The predicted molar refractivity (Wildman–Crippen MR) is 145 cm³/mol. The summed E-state index contributed by atoms with van der Waals surface area (Å²) in [6, 6.07) is 23.8. The number of hydrogen-bond donors (Lipinski definition) is 0. The molecule has 0 radical (unpaired) electrons. The van der Waals surface area contributed by atoms with Gasteiger partial charge in [-0.3, -0.25) is 4.98 Å². The van der Waals surface area contributed by atoms with E-state index >= 15 is 0 Å². The highest BCUT2D eigenvalue weighted by atomic mass is 32.2. The van der Waals surface area contributed by atoms with Crippen molar-refractivity contribution in [2.75, 3.05) is 13.1 Å². The molecule has 3 aromatic carbocycles. The van der Waals surface area contributed by atoms with Crippen molar-refractivity contribution >= 4 is 37.4 Å². The number of sulfonamides is 1. The van der Waals surface area contributed by atoms with Crippen LogP contribution in [0.25, 0.3) is 27.4 Å². The third-order valence-electron chi connectivity index (χ3n) is 7.19. The second kappa shape index (κ2) is 9.25. The van der Waals surface area contributed by atoms with E-state index in [1.54, 1.807) is 18.3 Å². The van der Waals surface area contributed by atoms with E-state index in [4.69, 9.17) is 0 Å². The van der Waals surface area contributed by atoms with Crippen molar-refractivity contribution in [3.63, 3.8) is 0 Å². The largest absolute Gasteiger partial charge is 0.340 e. The van der Waals surface area contributed by atoms with Gasteiger partial charge in [-0.1, -0.05) is 54.6 Å². The first-order valence-electron chi connectivity index (χ1n) is 12.3. The third kappa shape index (κ3) is 4.14. The van der Waals surface area contributed by atoms with E-state index in [2.05, 4.69) is 28.6 Å². The molecule has 0 amide bonds. The highest BCUT2D eigenvalue weighted by Crippen LogP contribution is 2.36. The van der Waals surface area contributed by atoms with E-state index in [0.29, 0.717) is 31.6 Å². The second-order valence-corrected chi connectivity index (χ2v) is 11.3. The lowest BCUT2D eigenvalue weighted by Crippen LogP contribution is -2.34. The SMILES string of the molecule is Cc1c(C2=CCN(S(=O)(=O)c3cccc4cccnc34)CC2)c2ccccc2n1Cc1ccc(F)cc1. The van der Waals surface area contributed by atoms with E-state index in [1.165, 1.54) is 16.4 Å². The summed E-state index contributed by atoms with van der Waals surface area (Å²) in [5.74, 6) is -0.246. The smallest absolute Gasteiger partial charge is 0.245 e. The van der Waals surface area contributed by atoms with Gasteiger partial charge in [0.2, 0.25) is 10.0 Å². The van der Waals surface area contributed by atoms with Gasteiger partial charge in [0.1, 0.15) is 10.7 Å². The maximum Gasteiger partial charge on any atom is 0.245 e. The van der Waals surface area contributed by atoms with Crippen molar-refractivity contribution in [3.8, 4) is 0 Å². The van der Waals surface area contributed by atoms with Crippen LogP contribution in [0, 0.1) is 12.7 Å². The van der Waals surface area contributed by atoms with Gasteiger partial charge in [0, 0.05) is 53.4 Å². The summed E-state index contributed by atoms with van der Waals surface area (Å²) < 4.78 is 44.4. The Labute approximate surface area is 215 Å². The predicted octanol–water partition coefficient (Wildman–Crippen LogP) is 6.16. The minimum atomic E-state index is -3.70. The number of para-hydroxylation sites is 2. The van der Waals surface area contributed by atoms with Crippen LogP contribution in [-0.2, 0) is 16.6 Å². The van der Waals surface area contributed by atoms with E-state index in [-0.39, 0.29) is 10.7 Å². The molecule has 7 heteroatoms. The Bertz CT molecular complexity index is 1770. The monoisotopic (exact) mass is 511 g/mol. The summed E-state index contributed by atoms with van der Waals surface area (Å²) in [6.07, 6.45) is 4.28. The fourth-order valence-corrected chi connectivity index (χ4v) is 6.88. The van der Waals surface area contributed by atoms with Crippen molar-refractivity contribution < 1.29 is 12.8 Å². The van der Waals surface area contributed by atoms with E-state index in [0.717, 1.165) is 38.7 Å². The zero-order chi connectivity index (χ0) is 25.6. The summed E-state index contributed by atoms with van der Waals surface area (Å²) in [4.78, 5) is 4.59. The third-order valence-corrected chi connectivity index (χ3v) is 9.09. The van der Waals surface area contributed by atoms with Gasteiger partial charge in [0.25, 0.3) is 0 Å². The van der Waals surface area contributed by atoms with E-state index < -0.39 is 10.0 Å². The lowest BCUT2D eigenvalue weighted by Gasteiger charge is -2.26. The van der Waals surface area contributed by atoms with E-state index in [9.17, 15) is 12.8 Å². The lowest BCUT2D eigenvalue weighted by atomic mass is 9.97. The molecule has 0 saturated heterocycles. The van der Waals surface area contributed by atoms with Crippen molar-refractivity contribution in [3.05, 3.63) is 114 Å². The van der Waals surface area contributed by atoms with Gasteiger partial charge in [-0.25, -0.2) is 12.8 Å². The number of aromatic nitrogens is 2. The van der Waals surface area contributed by atoms with Gasteiger partial charge in [-0.05, 0) is 54.8 Å². The summed E-state index contributed by atoms with van der Waals surface area (Å²) in [5.41, 5.74) is 6.05. The number of halogens is 1. The van der Waals surface area contributed by atoms with Crippen molar-refractivity contribution in [2.24, 2.45) is 0 Å². The molecule has 0 unspecified atom stereocenters. The number of rotatable bonds is 5. The quantitative estimate of drug-likeness (QED) is 0.284. The summed E-state index contributed by atoms with van der Waals surface area (Å²) in [5, 5.41) is 1.95. The summed E-state index contributed by atoms with van der Waals surface area (Å²) in [6.45, 7) is 3.44. The van der Waals surface area contributed by atoms with Gasteiger partial charge in [-0.2, -0.15) is 4.31 Å². The van der Waals surface area contributed by atoms with Crippen molar-refractivity contribution in [1.82, 2.24) is 13.9 Å². The molecule has 37 heavy (non-hydrogen) atoms. The summed E-state index contributed by atoms with van der Waals surface area (Å²) >= 11 is 0. The van der Waals surface area contributed by atoms with Crippen LogP contribution in [-0.4, -0.2) is 35.4 Å². The lowest BCUT2D eigenvalue weighted by molar-refractivity contribution is 0.441. The van der Waals surface area contributed by atoms with Crippen LogP contribution in [0.3, 0.4) is 0 Å². The zero-order valence-electron chi connectivity index (χ0n) is 20.4. The first kappa shape index (κ1) is 23.6. The number of nitrogens with zero attached hydrogens (tertiary/aromatic N) is 3. The Balaban J connectivity index is 1.35. The van der Waals surface area contributed by atoms with Crippen LogP contribution >= 0.6 is 0 Å². The normalized spacial score (nSPS) is 14.8. The molecule has 0 atom stereocenters. The van der Waals surface area contributed by atoms with Gasteiger partial charge in [0.05, 0.1) is 5.52 Å². The molecule has 0 bridgehead atoms. The minimum Gasteiger partial charge on any atom is -0.340 e. The van der Waals surface area contributed by atoms with Gasteiger partial charge >= 0.3 is 0 Å². The van der Waals surface area contributed by atoms with Gasteiger partial charge < -0.3 is 4.57 Å². The molecular weight excluding hydrogens is 485 g/mol. The standard InChI is InChI=1S/C30H26FN3O2S/c1-21-29(26-8-2-3-9-27(26)34(21)20-22-11-13-25(31)14-12-22)23-15-18-33(19-16-23)37(35,36)28-10-4-6-24-7-5-17-32-30(24)28/h2-15,17H,16,18-20H2,1H3. The fraction of sp³-hybridized carbons (Fsp3) is 0.167. The summed E-state index contributed by atoms with van der Waals surface area (Å²) in [7, 11) is -3.70. The number of benzene rings is 3. The second-order valence-electron chi connectivity index (χ2n) is 9.36. The highest BCUT2D eigenvalue weighted by Gasteiger charge is 2.29.